The lowest BCUT2D eigenvalue weighted by molar-refractivity contribution is 1.15. The van der Waals surface area contributed by atoms with Crippen molar-refractivity contribution < 1.29 is 0 Å². The van der Waals surface area contributed by atoms with Crippen molar-refractivity contribution in [3.05, 3.63) is 28.1 Å². The highest BCUT2D eigenvalue weighted by Crippen LogP contribution is 2.34. The van der Waals surface area contributed by atoms with Crippen molar-refractivity contribution in [1.29, 1.82) is 0 Å². The van der Waals surface area contributed by atoms with Crippen LogP contribution in [0.5, 0.6) is 0 Å². The van der Waals surface area contributed by atoms with E-state index in [4.69, 9.17) is 17.3 Å². The Morgan fingerprint density at radius 3 is 2.85 bits per heavy atom. The number of aryl methyl sites for hydroxylation is 1. The van der Waals surface area contributed by atoms with E-state index in [1.54, 1.807) is 0 Å². The molecule has 0 saturated heterocycles. The summed E-state index contributed by atoms with van der Waals surface area (Å²) in [5, 5.41) is 1.16. The van der Waals surface area contributed by atoms with Crippen molar-refractivity contribution in [3.8, 4) is 0 Å². The van der Waals surface area contributed by atoms with E-state index in [1.165, 1.54) is 16.9 Å². The number of halogens is 1. The first-order valence-corrected chi connectivity index (χ1v) is 5.37. The van der Waals surface area contributed by atoms with Crippen molar-refractivity contribution in [2.75, 3.05) is 5.73 Å². The van der Waals surface area contributed by atoms with Crippen LogP contribution in [0.15, 0.2) is 18.2 Å². The van der Waals surface area contributed by atoms with Crippen molar-refractivity contribution in [3.63, 3.8) is 0 Å². The number of benzene rings is 1. The van der Waals surface area contributed by atoms with Gasteiger partial charge in [-0.1, -0.05) is 24.6 Å². The molecular formula is C10H10ClNS. The summed E-state index contributed by atoms with van der Waals surface area (Å²) in [6.07, 6.45) is 1.01. The third-order valence-electron chi connectivity index (χ3n) is 2.08. The van der Waals surface area contributed by atoms with Crippen molar-refractivity contribution in [2.45, 2.75) is 13.3 Å². The van der Waals surface area contributed by atoms with Crippen molar-refractivity contribution in [1.82, 2.24) is 0 Å². The van der Waals surface area contributed by atoms with Crippen LogP contribution < -0.4 is 5.73 Å². The minimum absolute atomic E-state index is 0.801. The van der Waals surface area contributed by atoms with Crippen LogP contribution in [-0.4, -0.2) is 0 Å². The Morgan fingerprint density at radius 2 is 2.15 bits per heavy atom. The summed E-state index contributed by atoms with van der Waals surface area (Å²) in [5.41, 5.74) is 8.00. The number of nitrogen functional groups attached to an aromatic ring is 1. The Labute approximate surface area is 86.1 Å². The molecule has 68 valence electrons. The van der Waals surface area contributed by atoms with Gasteiger partial charge in [-0.2, -0.15) is 0 Å². The van der Waals surface area contributed by atoms with Gasteiger partial charge in [-0.3, -0.25) is 0 Å². The molecule has 0 unspecified atom stereocenters. The fraction of sp³-hybridized carbons (Fsp3) is 0.200. The molecule has 0 spiro atoms. The second-order valence-corrected chi connectivity index (χ2v) is 4.69. The monoisotopic (exact) mass is 211 g/mol. The number of rotatable bonds is 1. The lowest BCUT2D eigenvalue weighted by Crippen LogP contribution is -1.87. The molecule has 1 heterocycles. The molecule has 2 rings (SSSR count). The fourth-order valence-electron chi connectivity index (χ4n) is 1.42. The van der Waals surface area contributed by atoms with E-state index < -0.39 is 0 Å². The third kappa shape index (κ3) is 1.52. The number of anilines is 1. The van der Waals surface area contributed by atoms with Gasteiger partial charge in [0.25, 0.3) is 0 Å². The Kier molecular flexibility index (Phi) is 2.18. The number of thiophene rings is 1. The van der Waals surface area contributed by atoms with Crippen LogP contribution in [0.25, 0.3) is 10.1 Å². The minimum Gasteiger partial charge on any atom is -0.398 e. The van der Waals surface area contributed by atoms with Gasteiger partial charge in [0.05, 0.1) is 9.04 Å². The number of hydrogen-bond acceptors (Lipinski definition) is 2. The van der Waals surface area contributed by atoms with Crippen LogP contribution in [0.2, 0.25) is 4.34 Å². The minimum atomic E-state index is 0.801. The highest BCUT2D eigenvalue weighted by molar-refractivity contribution is 7.23. The molecule has 13 heavy (non-hydrogen) atoms. The molecule has 0 aliphatic carbocycles. The van der Waals surface area contributed by atoms with Gasteiger partial charge in [-0.15, -0.1) is 11.3 Å². The average molecular weight is 212 g/mol. The molecular weight excluding hydrogens is 202 g/mol. The first-order valence-electron chi connectivity index (χ1n) is 4.18. The van der Waals surface area contributed by atoms with Crippen molar-refractivity contribution >= 4 is 38.7 Å². The normalized spacial score (nSPS) is 10.9. The molecule has 0 saturated carbocycles. The van der Waals surface area contributed by atoms with E-state index in [0.717, 1.165) is 26.5 Å². The molecule has 0 aliphatic rings. The number of nitrogens with two attached hydrogens (primary N) is 1. The Morgan fingerprint density at radius 1 is 1.38 bits per heavy atom. The predicted molar refractivity (Wildman–Crippen MR) is 60.6 cm³/mol. The first-order chi connectivity index (χ1) is 6.20. The van der Waals surface area contributed by atoms with E-state index in [9.17, 15) is 0 Å². The summed E-state index contributed by atoms with van der Waals surface area (Å²) in [7, 11) is 0. The average Bonchev–Trinajstić information content (AvgIpc) is 2.46. The van der Waals surface area contributed by atoms with Crippen LogP contribution in [0, 0.1) is 0 Å². The van der Waals surface area contributed by atoms with Gasteiger partial charge in [-0.25, -0.2) is 0 Å². The maximum Gasteiger partial charge on any atom is 0.0941 e. The van der Waals surface area contributed by atoms with Gasteiger partial charge < -0.3 is 5.73 Å². The Balaban J connectivity index is 2.75. The molecule has 0 radical (unpaired) electrons. The van der Waals surface area contributed by atoms with Gasteiger partial charge in [-0.05, 0) is 29.5 Å². The Bertz CT molecular complexity index is 447. The van der Waals surface area contributed by atoms with Crippen LogP contribution in [0.1, 0.15) is 12.5 Å². The molecule has 0 fully saturated rings. The second-order valence-electron chi connectivity index (χ2n) is 3.01. The summed E-state index contributed by atoms with van der Waals surface area (Å²) >= 11 is 7.45. The lowest BCUT2D eigenvalue weighted by atomic mass is 10.1. The highest BCUT2D eigenvalue weighted by atomic mass is 35.5. The van der Waals surface area contributed by atoms with E-state index in [-0.39, 0.29) is 0 Å². The molecule has 2 N–H and O–H groups in total. The second kappa shape index (κ2) is 3.20. The van der Waals surface area contributed by atoms with Crippen LogP contribution in [0.3, 0.4) is 0 Å². The van der Waals surface area contributed by atoms with Gasteiger partial charge in [0.2, 0.25) is 0 Å². The molecule has 2 aromatic rings. The lowest BCUT2D eigenvalue weighted by Gasteiger charge is -2.00. The fourth-order valence-corrected chi connectivity index (χ4v) is 2.56. The van der Waals surface area contributed by atoms with Gasteiger partial charge in [0.15, 0.2) is 0 Å². The molecule has 1 aromatic carbocycles. The molecule has 0 aliphatic heterocycles. The smallest absolute Gasteiger partial charge is 0.0941 e. The highest BCUT2D eigenvalue weighted by Gasteiger charge is 2.04. The van der Waals surface area contributed by atoms with E-state index in [2.05, 4.69) is 13.0 Å². The summed E-state index contributed by atoms with van der Waals surface area (Å²) in [6, 6.07) is 6.14. The number of fused-ring (bicyclic) bond motifs is 1. The van der Waals surface area contributed by atoms with Crippen LogP contribution >= 0.6 is 22.9 Å². The first kappa shape index (κ1) is 8.85. The summed E-state index contributed by atoms with van der Waals surface area (Å²) in [6.45, 7) is 2.12. The maximum absolute atomic E-state index is 5.91. The maximum atomic E-state index is 5.91. The van der Waals surface area contributed by atoms with Crippen molar-refractivity contribution in [2.24, 2.45) is 0 Å². The topological polar surface area (TPSA) is 26.0 Å². The van der Waals surface area contributed by atoms with Gasteiger partial charge in [0.1, 0.15) is 0 Å². The SMILES string of the molecule is CCc1cc(N)c2sc(Cl)cc2c1. The zero-order valence-electron chi connectivity index (χ0n) is 7.30. The zero-order valence-corrected chi connectivity index (χ0v) is 8.88. The predicted octanol–water partition coefficient (Wildman–Crippen LogP) is 3.70. The molecule has 0 amide bonds. The largest absolute Gasteiger partial charge is 0.398 e. The molecule has 1 nitrogen and oxygen atoms in total. The molecule has 0 bridgehead atoms. The van der Waals surface area contributed by atoms with Crippen LogP contribution in [-0.2, 0) is 6.42 Å². The summed E-state index contributed by atoms with van der Waals surface area (Å²) in [5.74, 6) is 0. The summed E-state index contributed by atoms with van der Waals surface area (Å²) in [4.78, 5) is 0. The van der Waals surface area contributed by atoms with E-state index in [1.807, 2.05) is 12.1 Å². The molecule has 1 aromatic heterocycles. The van der Waals surface area contributed by atoms with E-state index in [0.29, 0.717) is 0 Å². The van der Waals surface area contributed by atoms with E-state index >= 15 is 0 Å². The summed E-state index contributed by atoms with van der Waals surface area (Å²) < 4.78 is 1.90. The Hall–Kier alpha value is -0.730. The standard InChI is InChI=1S/C10H10ClNS/c1-2-6-3-7-5-9(11)13-10(7)8(12)4-6/h3-5H,2,12H2,1H3. The van der Waals surface area contributed by atoms with Crippen LogP contribution in [0.4, 0.5) is 5.69 Å². The van der Waals surface area contributed by atoms with Gasteiger partial charge >= 0.3 is 0 Å². The van der Waals surface area contributed by atoms with Gasteiger partial charge in [0, 0.05) is 5.69 Å². The zero-order chi connectivity index (χ0) is 9.42. The quantitative estimate of drug-likeness (QED) is 0.716. The molecule has 3 heteroatoms. The molecule has 0 atom stereocenters. The third-order valence-corrected chi connectivity index (χ3v) is 3.41. The number of hydrogen-bond donors (Lipinski definition) is 1.